The van der Waals surface area contributed by atoms with Crippen molar-refractivity contribution in [2.75, 3.05) is 13.7 Å². The first-order chi connectivity index (χ1) is 24.6. The van der Waals surface area contributed by atoms with E-state index >= 15 is 0 Å². The van der Waals surface area contributed by atoms with E-state index in [1.807, 2.05) is 0 Å². The Morgan fingerprint density at radius 1 is 0.925 bits per heavy atom. The number of Topliss-reactive ketones (excluding diaryl/α,β-unsaturated/α-hetero) is 1. The number of benzene rings is 2. The largest absolute Gasteiger partial charge is 0.497 e. The zero-order valence-corrected chi connectivity index (χ0v) is 31.3. The molecule has 3 atom stereocenters. The fraction of sp³-hybridized carbons (Fsp3) is 0.395. The van der Waals surface area contributed by atoms with Crippen LogP contribution in [0.5, 0.6) is 5.75 Å². The number of rotatable bonds is 17. The minimum atomic E-state index is -5.24. The highest BCUT2D eigenvalue weighted by atomic mass is 35.5. The third-order valence-electron chi connectivity index (χ3n) is 7.27. The van der Waals surface area contributed by atoms with E-state index in [1.54, 1.807) is 58.0 Å². The molecule has 2 rings (SSSR count). The summed E-state index contributed by atoms with van der Waals surface area (Å²) in [6, 6.07) is 7.10. The van der Waals surface area contributed by atoms with Gasteiger partial charge < -0.3 is 30.2 Å². The number of hydrogen-bond donors (Lipinski definition) is 3. The van der Waals surface area contributed by atoms with E-state index < -0.39 is 65.3 Å². The van der Waals surface area contributed by atoms with Crippen molar-refractivity contribution in [3.63, 3.8) is 0 Å². The number of ketones is 1. The summed E-state index contributed by atoms with van der Waals surface area (Å²) in [5.74, 6) is -5.90. The minimum absolute atomic E-state index is 0.0796. The van der Waals surface area contributed by atoms with Crippen LogP contribution in [0.15, 0.2) is 84.7 Å². The van der Waals surface area contributed by atoms with Crippen molar-refractivity contribution in [1.82, 2.24) is 16.0 Å². The van der Waals surface area contributed by atoms with Crippen LogP contribution in [-0.4, -0.2) is 73.1 Å². The average molecular weight is 764 g/mol. The number of amides is 3. The molecule has 53 heavy (non-hydrogen) atoms. The number of halogens is 4. The van der Waals surface area contributed by atoms with E-state index in [-0.39, 0.29) is 29.9 Å². The Morgan fingerprint density at radius 2 is 1.57 bits per heavy atom. The second kappa shape index (κ2) is 19.6. The Balaban J connectivity index is 2.42. The molecule has 0 radical (unpaired) electrons. The lowest BCUT2D eigenvalue weighted by molar-refractivity contribution is -0.175. The van der Waals surface area contributed by atoms with Gasteiger partial charge in [0.2, 0.25) is 11.8 Å². The summed E-state index contributed by atoms with van der Waals surface area (Å²) in [4.78, 5) is 65.2. The fourth-order valence-corrected chi connectivity index (χ4v) is 4.86. The number of hydrogen-bond acceptors (Lipinski definition) is 8. The molecular weight excluding hydrogens is 719 g/mol. The molecule has 288 valence electrons. The second-order valence-electron chi connectivity index (χ2n) is 13.1. The molecule has 2 aromatic rings. The quantitative estimate of drug-likeness (QED) is 0.104. The van der Waals surface area contributed by atoms with E-state index in [9.17, 15) is 37.1 Å². The van der Waals surface area contributed by atoms with Crippen molar-refractivity contribution in [3.8, 4) is 5.75 Å². The number of ether oxygens (including phenoxy) is 3. The topological polar surface area (TPSA) is 149 Å². The normalized spacial score (nSPS) is 13.8. The standard InChI is InChI=1S/C38H45ClF3N3O8/c1-9-27(51-8)16-13-23(4)32(36(50)44-31(22(2)3)33(47)38(40,41)42)45-35(49)29(20-24-11-10-12-26(39)19-24)43-34(48)25-14-17-28(18-15-25)52-21-30(46)53-37(5,6)7/h9-19,22,29,31-32H,4,20-21H2,1-3,5-8H3,(H,43,48)(H,44,50)(H,45,49)/b16-13-,27-9+/t29-,31-,32-/m0/s1. The van der Waals surface area contributed by atoms with Gasteiger partial charge in [-0.25, -0.2) is 4.79 Å². The van der Waals surface area contributed by atoms with Gasteiger partial charge in [0.25, 0.3) is 11.7 Å². The van der Waals surface area contributed by atoms with Crippen LogP contribution in [0.4, 0.5) is 13.2 Å². The zero-order valence-electron chi connectivity index (χ0n) is 30.6. The van der Waals surface area contributed by atoms with Crippen molar-refractivity contribution >= 4 is 41.1 Å². The number of nitrogens with one attached hydrogen (secondary N) is 3. The van der Waals surface area contributed by atoms with Crippen LogP contribution < -0.4 is 20.7 Å². The van der Waals surface area contributed by atoms with Crippen LogP contribution in [0.3, 0.4) is 0 Å². The monoisotopic (exact) mass is 763 g/mol. The lowest BCUT2D eigenvalue weighted by Gasteiger charge is -2.27. The van der Waals surface area contributed by atoms with Crippen LogP contribution in [0, 0.1) is 5.92 Å². The van der Waals surface area contributed by atoms with Gasteiger partial charge in [-0.05, 0) is 93.3 Å². The summed E-state index contributed by atoms with van der Waals surface area (Å²) in [5, 5.41) is 7.56. The lowest BCUT2D eigenvalue weighted by atomic mass is 9.97. The molecule has 0 heterocycles. The minimum Gasteiger partial charge on any atom is -0.497 e. The summed E-state index contributed by atoms with van der Waals surface area (Å²) in [6.45, 7) is 12.9. The number of carbonyl (C=O) groups excluding carboxylic acids is 5. The Bertz CT molecular complexity index is 1700. The van der Waals surface area contributed by atoms with Crippen LogP contribution in [0.25, 0.3) is 0 Å². The Hall–Kier alpha value is -5.11. The summed E-state index contributed by atoms with van der Waals surface area (Å²) >= 11 is 6.16. The van der Waals surface area contributed by atoms with Crippen LogP contribution in [-0.2, 0) is 35.1 Å². The maximum atomic E-state index is 13.9. The maximum Gasteiger partial charge on any atom is 0.452 e. The zero-order chi connectivity index (χ0) is 40.1. The van der Waals surface area contributed by atoms with Gasteiger partial charge in [-0.1, -0.05) is 50.2 Å². The van der Waals surface area contributed by atoms with Crippen molar-refractivity contribution in [2.45, 2.75) is 77.9 Å². The van der Waals surface area contributed by atoms with E-state index in [1.165, 1.54) is 57.4 Å². The summed E-state index contributed by atoms with van der Waals surface area (Å²) in [6.07, 6.45) is -1.05. The highest BCUT2D eigenvalue weighted by Crippen LogP contribution is 2.22. The van der Waals surface area contributed by atoms with Crippen molar-refractivity contribution in [2.24, 2.45) is 5.92 Å². The smallest absolute Gasteiger partial charge is 0.452 e. The van der Waals surface area contributed by atoms with Crippen LogP contribution >= 0.6 is 11.6 Å². The Labute approximate surface area is 312 Å². The molecule has 0 spiro atoms. The van der Waals surface area contributed by atoms with E-state index in [2.05, 4.69) is 22.5 Å². The molecule has 0 aliphatic rings. The van der Waals surface area contributed by atoms with E-state index in [0.717, 1.165) is 0 Å². The molecule has 11 nitrogen and oxygen atoms in total. The van der Waals surface area contributed by atoms with E-state index in [4.69, 9.17) is 25.8 Å². The summed E-state index contributed by atoms with van der Waals surface area (Å²) < 4.78 is 56.1. The van der Waals surface area contributed by atoms with Gasteiger partial charge in [0.05, 0.1) is 13.2 Å². The van der Waals surface area contributed by atoms with Gasteiger partial charge in [-0.3, -0.25) is 19.2 Å². The molecule has 0 saturated carbocycles. The van der Waals surface area contributed by atoms with Gasteiger partial charge >= 0.3 is 12.1 Å². The molecule has 15 heteroatoms. The maximum absolute atomic E-state index is 13.9. The van der Waals surface area contributed by atoms with Crippen LogP contribution in [0.1, 0.15) is 57.5 Å². The van der Waals surface area contributed by atoms with Gasteiger partial charge in [-0.15, -0.1) is 0 Å². The van der Waals surface area contributed by atoms with Crippen molar-refractivity contribution in [3.05, 3.63) is 101 Å². The van der Waals surface area contributed by atoms with Crippen molar-refractivity contribution < 1.29 is 51.4 Å². The van der Waals surface area contributed by atoms with Gasteiger partial charge in [-0.2, -0.15) is 13.2 Å². The number of carbonyl (C=O) groups is 5. The van der Waals surface area contributed by atoms with Crippen LogP contribution in [0.2, 0.25) is 5.02 Å². The SMILES string of the molecule is C=C(/C=C\C(=C/C)OC)[C@H](NC(=O)[C@H](Cc1cccc(Cl)c1)NC(=O)c1ccc(OCC(=O)OC(C)(C)C)cc1)C(=O)N[C@H](C(=O)C(F)(F)F)C(C)C. The third-order valence-corrected chi connectivity index (χ3v) is 7.51. The molecule has 0 aromatic heterocycles. The third kappa shape index (κ3) is 14.8. The predicted molar refractivity (Wildman–Crippen MR) is 193 cm³/mol. The molecule has 3 N–H and O–H groups in total. The molecule has 2 aromatic carbocycles. The highest BCUT2D eigenvalue weighted by molar-refractivity contribution is 6.30. The number of methoxy groups -OCH3 is 1. The average Bonchev–Trinajstić information content (AvgIpc) is 3.07. The summed E-state index contributed by atoms with van der Waals surface area (Å²) in [7, 11) is 1.39. The molecule has 0 aliphatic heterocycles. The highest BCUT2D eigenvalue weighted by Gasteiger charge is 2.45. The molecule has 0 unspecified atom stereocenters. The number of allylic oxidation sites excluding steroid dienone is 2. The molecule has 0 saturated heterocycles. The fourth-order valence-electron chi connectivity index (χ4n) is 4.65. The molecule has 0 aliphatic carbocycles. The molecule has 0 fully saturated rings. The first-order valence-electron chi connectivity index (χ1n) is 16.4. The first kappa shape index (κ1) is 44.1. The lowest BCUT2D eigenvalue weighted by Crippen LogP contribution is -2.58. The van der Waals surface area contributed by atoms with E-state index in [0.29, 0.717) is 16.3 Å². The molecule has 0 bridgehead atoms. The number of alkyl halides is 3. The molecule has 3 amide bonds. The Morgan fingerprint density at radius 3 is 2.09 bits per heavy atom. The predicted octanol–water partition coefficient (Wildman–Crippen LogP) is 5.82. The van der Waals surface area contributed by atoms with Crippen molar-refractivity contribution in [1.29, 1.82) is 0 Å². The second-order valence-corrected chi connectivity index (χ2v) is 13.5. The van der Waals surface area contributed by atoms with Gasteiger partial charge in [0.15, 0.2) is 6.61 Å². The first-order valence-corrected chi connectivity index (χ1v) is 16.8. The summed E-state index contributed by atoms with van der Waals surface area (Å²) in [5.41, 5.74) is -0.155. The van der Waals surface area contributed by atoms with Gasteiger partial charge in [0.1, 0.15) is 29.2 Å². The Kier molecular flexibility index (Phi) is 16.3. The van der Waals surface area contributed by atoms with Gasteiger partial charge in [0, 0.05) is 17.0 Å². The number of esters is 1. The molecular formula is C38H45ClF3N3O8.